The molecule has 0 heterocycles. The Morgan fingerprint density at radius 1 is 0.840 bits per heavy atom. The van der Waals surface area contributed by atoms with Gasteiger partial charge < -0.3 is 9.84 Å². The molecule has 3 heteroatoms. The van der Waals surface area contributed by atoms with Crippen LogP contribution < -0.4 is 0 Å². The van der Waals surface area contributed by atoms with Crippen molar-refractivity contribution in [1.29, 1.82) is 0 Å². The molecule has 0 fully saturated rings. The second-order valence-electron chi connectivity index (χ2n) is 6.56. The van der Waals surface area contributed by atoms with E-state index < -0.39 is 5.97 Å². The molecule has 140 valence electrons. The minimum Gasteiger partial charge on any atom is -0.481 e. The highest BCUT2D eigenvalue weighted by Gasteiger charge is 1.95. The zero-order valence-electron chi connectivity index (χ0n) is 15.5. The summed E-state index contributed by atoms with van der Waals surface area (Å²) in [5, 5.41) is 8.53. The highest BCUT2D eigenvalue weighted by Crippen LogP contribution is 2.10. The number of hydrogen-bond donors (Lipinski definition) is 1. The predicted molar refractivity (Wildman–Crippen MR) is 104 cm³/mol. The lowest BCUT2D eigenvalue weighted by Crippen LogP contribution is -1.95. The Bertz CT molecular complexity index is 454. The summed E-state index contributed by atoms with van der Waals surface area (Å²) in [5.41, 5.74) is 1.25. The first kappa shape index (κ1) is 21.4. The van der Waals surface area contributed by atoms with Gasteiger partial charge in [-0.05, 0) is 37.7 Å². The van der Waals surface area contributed by atoms with Gasteiger partial charge in [0.25, 0.3) is 0 Å². The molecule has 1 N–H and O–H groups in total. The molecule has 0 amide bonds. The summed E-state index contributed by atoms with van der Waals surface area (Å²) in [4.78, 5) is 10.4. The predicted octanol–water partition coefficient (Wildman–Crippen LogP) is 6.14. The summed E-state index contributed by atoms with van der Waals surface area (Å²) in [6, 6.07) is 10.3. The van der Waals surface area contributed by atoms with Crippen LogP contribution in [0.25, 0.3) is 0 Å². The summed E-state index contributed by atoms with van der Waals surface area (Å²) in [5.74, 6) is -0.698. The number of unbranched alkanes of at least 4 members (excludes halogenated alkanes) is 8. The number of benzene rings is 1. The van der Waals surface area contributed by atoms with Crippen LogP contribution in [0, 0.1) is 0 Å². The normalized spacial score (nSPS) is 11.2. The average molecular weight is 347 g/mol. The molecule has 3 nitrogen and oxygen atoms in total. The van der Waals surface area contributed by atoms with E-state index in [1.165, 1.54) is 44.1 Å². The number of allylic oxidation sites excluding steroid dienone is 2. The van der Waals surface area contributed by atoms with Crippen LogP contribution in [0.5, 0.6) is 0 Å². The molecule has 0 saturated carbocycles. The minimum atomic E-state index is -0.698. The quantitative estimate of drug-likeness (QED) is 0.289. The Labute approximate surface area is 153 Å². The smallest absolute Gasteiger partial charge is 0.303 e. The van der Waals surface area contributed by atoms with Crippen LogP contribution in [0.1, 0.15) is 76.2 Å². The van der Waals surface area contributed by atoms with Gasteiger partial charge in [-0.2, -0.15) is 0 Å². The second-order valence-corrected chi connectivity index (χ2v) is 6.56. The maximum absolute atomic E-state index is 10.4. The molecule has 0 aliphatic heterocycles. The highest BCUT2D eigenvalue weighted by molar-refractivity contribution is 5.66. The summed E-state index contributed by atoms with van der Waals surface area (Å²) in [6.07, 6.45) is 16.3. The molecule has 0 spiro atoms. The third kappa shape index (κ3) is 14.4. The van der Waals surface area contributed by atoms with Gasteiger partial charge in [0.1, 0.15) is 0 Å². The van der Waals surface area contributed by atoms with Gasteiger partial charge in [0, 0.05) is 13.0 Å². The first-order valence-corrected chi connectivity index (χ1v) is 9.77. The number of hydrogen-bond acceptors (Lipinski definition) is 2. The fourth-order valence-electron chi connectivity index (χ4n) is 2.72. The van der Waals surface area contributed by atoms with Crippen LogP contribution in [0.15, 0.2) is 42.5 Å². The zero-order valence-corrected chi connectivity index (χ0v) is 15.5. The monoisotopic (exact) mass is 346 g/mol. The van der Waals surface area contributed by atoms with Gasteiger partial charge in [0.2, 0.25) is 0 Å². The molecule has 0 atom stereocenters. The molecule has 1 rings (SSSR count). The lowest BCUT2D eigenvalue weighted by molar-refractivity contribution is -0.137. The van der Waals surface area contributed by atoms with Crippen LogP contribution >= 0.6 is 0 Å². The lowest BCUT2D eigenvalue weighted by atomic mass is 10.1. The van der Waals surface area contributed by atoms with E-state index >= 15 is 0 Å². The van der Waals surface area contributed by atoms with Crippen molar-refractivity contribution in [3.05, 3.63) is 48.0 Å². The van der Waals surface area contributed by atoms with Gasteiger partial charge in [-0.3, -0.25) is 4.79 Å². The van der Waals surface area contributed by atoms with Crippen LogP contribution in [0.4, 0.5) is 0 Å². The number of rotatable bonds is 16. The van der Waals surface area contributed by atoms with Crippen molar-refractivity contribution in [3.8, 4) is 0 Å². The van der Waals surface area contributed by atoms with Crippen LogP contribution in [0.3, 0.4) is 0 Å². The second kappa shape index (κ2) is 15.9. The molecule has 0 aliphatic carbocycles. The molecule has 0 unspecified atom stereocenters. The third-order valence-corrected chi connectivity index (χ3v) is 4.20. The van der Waals surface area contributed by atoms with Crippen molar-refractivity contribution >= 4 is 5.97 Å². The zero-order chi connectivity index (χ0) is 18.0. The number of ether oxygens (including phenoxy) is 1. The number of carbonyl (C=O) groups is 1. The Hall–Kier alpha value is -1.61. The van der Waals surface area contributed by atoms with E-state index in [1.807, 2.05) is 18.2 Å². The van der Waals surface area contributed by atoms with E-state index in [1.54, 1.807) is 0 Å². The highest BCUT2D eigenvalue weighted by atomic mass is 16.5. The van der Waals surface area contributed by atoms with Gasteiger partial charge in [0.15, 0.2) is 0 Å². The molecule has 1 aromatic rings. The van der Waals surface area contributed by atoms with Crippen molar-refractivity contribution < 1.29 is 14.6 Å². The van der Waals surface area contributed by atoms with Gasteiger partial charge in [-0.15, -0.1) is 0 Å². The standard InChI is InChI=1S/C22H34O3/c23-22(24)18-14-9-7-5-3-1-2-4-6-8-10-15-19-25-20-21-16-12-11-13-17-21/h5,7,11-13,16-17H,1-4,6,8-10,14-15,18-20H2,(H,23,24)/b7-5-. The molecule has 1 aromatic carbocycles. The Morgan fingerprint density at radius 3 is 2.12 bits per heavy atom. The molecular formula is C22H34O3. The Balaban J connectivity index is 1.76. The van der Waals surface area contributed by atoms with E-state index in [-0.39, 0.29) is 6.42 Å². The average Bonchev–Trinajstić information content (AvgIpc) is 2.62. The summed E-state index contributed by atoms with van der Waals surface area (Å²) in [6.45, 7) is 1.59. The summed E-state index contributed by atoms with van der Waals surface area (Å²) < 4.78 is 5.69. The number of carboxylic acids is 1. The van der Waals surface area contributed by atoms with Crippen molar-refractivity contribution in [3.63, 3.8) is 0 Å². The Kier molecular flexibility index (Phi) is 13.6. The Morgan fingerprint density at radius 2 is 1.44 bits per heavy atom. The summed E-state index contributed by atoms with van der Waals surface area (Å²) in [7, 11) is 0. The van der Waals surface area contributed by atoms with Crippen LogP contribution in [-0.2, 0) is 16.1 Å². The SMILES string of the molecule is O=C(O)CCC/C=C\CCCCCCCCCOCc1ccccc1. The van der Waals surface area contributed by atoms with Crippen molar-refractivity contribution in [2.45, 2.75) is 77.2 Å². The third-order valence-electron chi connectivity index (χ3n) is 4.20. The first-order chi connectivity index (χ1) is 12.3. The topological polar surface area (TPSA) is 46.5 Å². The molecular weight excluding hydrogens is 312 g/mol. The maximum Gasteiger partial charge on any atom is 0.303 e. The number of aliphatic carboxylic acids is 1. The van der Waals surface area contributed by atoms with E-state index in [0.717, 1.165) is 38.9 Å². The van der Waals surface area contributed by atoms with Crippen LogP contribution in [0.2, 0.25) is 0 Å². The number of carboxylic acid groups (broad SMARTS) is 1. The molecule has 0 aliphatic rings. The molecule has 0 saturated heterocycles. The van der Waals surface area contributed by atoms with Gasteiger partial charge in [0.05, 0.1) is 6.61 Å². The van der Waals surface area contributed by atoms with Crippen molar-refractivity contribution in [2.24, 2.45) is 0 Å². The maximum atomic E-state index is 10.4. The molecule has 0 aromatic heterocycles. The van der Waals surface area contributed by atoms with Crippen molar-refractivity contribution in [1.82, 2.24) is 0 Å². The van der Waals surface area contributed by atoms with Crippen molar-refractivity contribution in [2.75, 3.05) is 6.61 Å². The fourth-order valence-corrected chi connectivity index (χ4v) is 2.72. The van der Waals surface area contributed by atoms with Gasteiger partial charge in [-0.1, -0.05) is 74.6 Å². The largest absolute Gasteiger partial charge is 0.481 e. The van der Waals surface area contributed by atoms with E-state index in [4.69, 9.17) is 9.84 Å². The van der Waals surface area contributed by atoms with Gasteiger partial charge >= 0.3 is 5.97 Å². The first-order valence-electron chi connectivity index (χ1n) is 9.77. The van der Waals surface area contributed by atoms with E-state index in [9.17, 15) is 4.79 Å². The van der Waals surface area contributed by atoms with E-state index in [0.29, 0.717) is 0 Å². The van der Waals surface area contributed by atoms with Gasteiger partial charge in [-0.25, -0.2) is 0 Å². The summed E-state index contributed by atoms with van der Waals surface area (Å²) >= 11 is 0. The molecule has 25 heavy (non-hydrogen) atoms. The molecule has 0 bridgehead atoms. The minimum absolute atomic E-state index is 0.279. The molecule has 0 radical (unpaired) electrons. The fraction of sp³-hybridized carbons (Fsp3) is 0.591. The lowest BCUT2D eigenvalue weighted by Gasteiger charge is -2.04. The van der Waals surface area contributed by atoms with E-state index in [2.05, 4.69) is 24.3 Å². The van der Waals surface area contributed by atoms with Crippen LogP contribution in [-0.4, -0.2) is 17.7 Å².